The second kappa shape index (κ2) is 5.38. The first kappa shape index (κ1) is 14.1. The average molecular weight is 282 g/mol. The molecule has 4 N–H and O–H groups in total. The van der Waals surface area contributed by atoms with Gasteiger partial charge in [-0.15, -0.1) is 0 Å². The number of aromatic nitrogens is 1. The molecule has 0 saturated heterocycles. The SMILES string of the molecule is Cc1ccc(C(F)(F)F)cc1Nc1cccc(NN)n1. The summed E-state index contributed by atoms with van der Waals surface area (Å²) in [6, 6.07) is 8.49. The third-order valence-electron chi connectivity index (χ3n) is 2.72. The Kier molecular flexibility index (Phi) is 3.80. The number of anilines is 3. The Morgan fingerprint density at radius 1 is 1.10 bits per heavy atom. The van der Waals surface area contributed by atoms with Crippen LogP contribution in [0.15, 0.2) is 36.4 Å². The van der Waals surface area contributed by atoms with Crippen molar-refractivity contribution >= 4 is 17.3 Å². The van der Waals surface area contributed by atoms with E-state index in [1.165, 1.54) is 6.07 Å². The third-order valence-corrected chi connectivity index (χ3v) is 2.72. The summed E-state index contributed by atoms with van der Waals surface area (Å²) in [6.45, 7) is 1.72. The van der Waals surface area contributed by atoms with E-state index >= 15 is 0 Å². The van der Waals surface area contributed by atoms with Crippen molar-refractivity contribution < 1.29 is 13.2 Å². The molecule has 0 spiro atoms. The van der Waals surface area contributed by atoms with E-state index < -0.39 is 11.7 Å². The summed E-state index contributed by atoms with van der Waals surface area (Å²) < 4.78 is 38.1. The minimum absolute atomic E-state index is 0.349. The van der Waals surface area contributed by atoms with E-state index in [1.54, 1.807) is 25.1 Å². The number of nitrogen functional groups attached to an aromatic ring is 1. The molecule has 0 radical (unpaired) electrons. The van der Waals surface area contributed by atoms with Crippen LogP contribution in [0.4, 0.5) is 30.5 Å². The van der Waals surface area contributed by atoms with Crippen molar-refractivity contribution in [3.63, 3.8) is 0 Å². The van der Waals surface area contributed by atoms with Crippen LogP contribution in [0, 0.1) is 6.92 Å². The smallest absolute Gasteiger partial charge is 0.340 e. The van der Waals surface area contributed by atoms with Crippen LogP contribution < -0.4 is 16.6 Å². The second-order valence-electron chi connectivity index (χ2n) is 4.20. The van der Waals surface area contributed by atoms with Crippen molar-refractivity contribution in [1.82, 2.24) is 4.98 Å². The highest BCUT2D eigenvalue weighted by Gasteiger charge is 2.30. The molecule has 0 fully saturated rings. The fraction of sp³-hybridized carbons (Fsp3) is 0.154. The van der Waals surface area contributed by atoms with Gasteiger partial charge in [0.25, 0.3) is 0 Å². The summed E-state index contributed by atoms with van der Waals surface area (Å²) in [5, 5.41) is 2.85. The lowest BCUT2D eigenvalue weighted by atomic mass is 10.1. The number of pyridine rings is 1. The standard InChI is InChI=1S/C13H13F3N4/c1-8-5-6-9(13(14,15)16)7-10(8)18-11-3-2-4-12(19-11)20-17/h2-7H,17H2,1H3,(H2,18,19,20). The van der Waals surface area contributed by atoms with Gasteiger partial charge in [-0.1, -0.05) is 12.1 Å². The number of nitrogens with one attached hydrogen (secondary N) is 2. The molecule has 1 heterocycles. The van der Waals surface area contributed by atoms with Crippen LogP contribution in [-0.2, 0) is 6.18 Å². The van der Waals surface area contributed by atoms with E-state index in [4.69, 9.17) is 5.84 Å². The Bertz CT molecular complexity index is 611. The normalized spacial score (nSPS) is 11.2. The maximum atomic E-state index is 12.7. The summed E-state index contributed by atoms with van der Waals surface area (Å²) in [6.07, 6.45) is -4.38. The monoisotopic (exact) mass is 282 g/mol. The number of hydrogen-bond acceptors (Lipinski definition) is 4. The van der Waals surface area contributed by atoms with Crippen molar-refractivity contribution in [2.24, 2.45) is 5.84 Å². The highest BCUT2D eigenvalue weighted by atomic mass is 19.4. The average Bonchev–Trinajstić information content (AvgIpc) is 2.40. The molecule has 4 nitrogen and oxygen atoms in total. The van der Waals surface area contributed by atoms with E-state index in [-0.39, 0.29) is 0 Å². The molecule has 0 aliphatic carbocycles. The summed E-state index contributed by atoms with van der Waals surface area (Å²) in [5.41, 5.74) is 2.70. The Labute approximate surface area is 113 Å². The van der Waals surface area contributed by atoms with Crippen LogP contribution >= 0.6 is 0 Å². The minimum Gasteiger partial charge on any atom is -0.340 e. The summed E-state index contributed by atoms with van der Waals surface area (Å²) in [4.78, 5) is 4.09. The first-order valence-electron chi connectivity index (χ1n) is 5.78. The van der Waals surface area contributed by atoms with Gasteiger partial charge in [-0.25, -0.2) is 10.8 Å². The summed E-state index contributed by atoms with van der Waals surface area (Å²) in [7, 11) is 0. The molecule has 20 heavy (non-hydrogen) atoms. The topological polar surface area (TPSA) is 63.0 Å². The molecule has 0 amide bonds. The van der Waals surface area contributed by atoms with E-state index in [1.807, 2.05) is 0 Å². The van der Waals surface area contributed by atoms with E-state index in [0.29, 0.717) is 22.9 Å². The summed E-state index contributed by atoms with van der Waals surface area (Å²) in [5.74, 6) is 6.06. The molecule has 7 heteroatoms. The zero-order valence-electron chi connectivity index (χ0n) is 10.6. The molecule has 0 saturated carbocycles. The molecular weight excluding hydrogens is 269 g/mol. The molecule has 0 atom stereocenters. The molecule has 106 valence electrons. The number of rotatable bonds is 3. The zero-order chi connectivity index (χ0) is 14.8. The Morgan fingerprint density at radius 2 is 1.80 bits per heavy atom. The van der Waals surface area contributed by atoms with Crippen LogP contribution in [-0.4, -0.2) is 4.98 Å². The number of aryl methyl sites for hydroxylation is 1. The number of benzene rings is 1. The quantitative estimate of drug-likeness (QED) is 0.596. The second-order valence-corrected chi connectivity index (χ2v) is 4.20. The van der Waals surface area contributed by atoms with Gasteiger partial charge in [0.05, 0.1) is 5.56 Å². The molecule has 0 aliphatic rings. The maximum Gasteiger partial charge on any atom is 0.416 e. The molecule has 2 rings (SSSR count). The van der Waals surface area contributed by atoms with Crippen LogP contribution in [0.2, 0.25) is 0 Å². The van der Waals surface area contributed by atoms with Crippen molar-refractivity contribution in [3.05, 3.63) is 47.5 Å². The molecule has 0 aliphatic heterocycles. The van der Waals surface area contributed by atoms with Crippen molar-refractivity contribution in [1.29, 1.82) is 0 Å². The van der Waals surface area contributed by atoms with Gasteiger partial charge in [0.15, 0.2) is 0 Å². The first-order valence-corrected chi connectivity index (χ1v) is 5.78. The Balaban J connectivity index is 2.32. The van der Waals surface area contributed by atoms with Gasteiger partial charge >= 0.3 is 6.18 Å². The number of hydrazine groups is 1. The van der Waals surface area contributed by atoms with Crippen LogP contribution in [0.5, 0.6) is 0 Å². The Morgan fingerprint density at radius 3 is 2.45 bits per heavy atom. The van der Waals surface area contributed by atoms with Gasteiger partial charge in [-0.3, -0.25) is 0 Å². The predicted molar refractivity (Wildman–Crippen MR) is 71.5 cm³/mol. The minimum atomic E-state index is -4.38. The lowest BCUT2D eigenvalue weighted by Gasteiger charge is -2.13. The number of halogens is 3. The van der Waals surface area contributed by atoms with Gasteiger partial charge < -0.3 is 10.7 Å². The highest BCUT2D eigenvalue weighted by molar-refractivity contribution is 5.62. The fourth-order valence-corrected chi connectivity index (χ4v) is 1.66. The first-order chi connectivity index (χ1) is 9.40. The third kappa shape index (κ3) is 3.18. The number of alkyl halides is 3. The maximum absolute atomic E-state index is 12.7. The van der Waals surface area contributed by atoms with Crippen molar-refractivity contribution in [2.75, 3.05) is 10.7 Å². The number of hydrogen-bond donors (Lipinski definition) is 3. The lowest BCUT2D eigenvalue weighted by Crippen LogP contribution is -2.09. The lowest BCUT2D eigenvalue weighted by molar-refractivity contribution is -0.137. The van der Waals surface area contributed by atoms with Crippen LogP contribution in [0.25, 0.3) is 0 Å². The molecular formula is C13H13F3N4. The fourth-order valence-electron chi connectivity index (χ4n) is 1.66. The zero-order valence-corrected chi connectivity index (χ0v) is 10.6. The predicted octanol–water partition coefficient (Wildman–Crippen LogP) is 3.44. The largest absolute Gasteiger partial charge is 0.416 e. The summed E-state index contributed by atoms with van der Waals surface area (Å²) >= 11 is 0. The van der Waals surface area contributed by atoms with Gasteiger partial charge in [0, 0.05) is 5.69 Å². The molecule has 2 aromatic rings. The van der Waals surface area contributed by atoms with Crippen LogP contribution in [0.3, 0.4) is 0 Å². The van der Waals surface area contributed by atoms with E-state index in [2.05, 4.69) is 15.7 Å². The van der Waals surface area contributed by atoms with E-state index in [0.717, 1.165) is 12.1 Å². The molecule has 1 aromatic carbocycles. The van der Waals surface area contributed by atoms with Crippen LogP contribution in [0.1, 0.15) is 11.1 Å². The Hall–Kier alpha value is -2.28. The number of nitrogens with zero attached hydrogens (tertiary/aromatic N) is 1. The molecule has 0 unspecified atom stereocenters. The number of nitrogens with two attached hydrogens (primary N) is 1. The highest BCUT2D eigenvalue weighted by Crippen LogP contribution is 2.32. The molecule has 1 aromatic heterocycles. The van der Waals surface area contributed by atoms with Gasteiger partial charge in [0.2, 0.25) is 0 Å². The van der Waals surface area contributed by atoms with Crippen molar-refractivity contribution in [3.8, 4) is 0 Å². The van der Waals surface area contributed by atoms with Crippen molar-refractivity contribution in [2.45, 2.75) is 13.1 Å². The van der Waals surface area contributed by atoms with E-state index in [9.17, 15) is 13.2 Å². The molecule has 0 bridgehead atoms. The van der Waals surface area contributed by atoms with Gasteiger partial charge in [-0.2, -0.15) is 13.2 Å². The van der Waals surface area contributed by atoms with Gasteiger partial charge in [-0.05, 0) is 36.8 Å². The van der Waals surface area contributed by atoms with Gasteiger partial charge in [0.1, 0.15) is 11.6 Å².